The lowest BCUT2D eigenvalue weighted by atomic mass is 9.86. The normalized spacial score (nSPS) is 12.5. The first kappa shape index (κ1) is 16.3. The van der Waals surface area contributed by atoms with Crippen LogP contribution >= 0.6 is 15.9 Å². The maximum absolute atomic E-state index is 12.4. The molecule has 0 spiro atoms. The molecule has 0 saturated heterocycles. The molecule has 0 aliphatic heterocycles. The fourth-order valence-electron chi connectivity index (χ4n) is 1.66. The molecule has 0 amide bonds. The molecule has 0 aliphatic carbocycles. The van der Waals surface area contributed by atoms with E-state index in [0.717, 1.165) is 30.3 Å². The van der Waals surface area contributed by atoms with Crippen LogP contribution in [0.5, 0.6) is 5.75 Å². The largest absolute Gasteiger partial charge is 0.493 e. The van der Waals surface area contributed by atoms with E-state index in [4.69, 9.17) is 4.74 Å². The van der Waals surface area contributed by atoms with Crippen LogP contribution in [0.4, 0.5) is 13.2 Å². The summed E-state index contributed by atoms with van der Waals surface area (Å²) in [4.78, 5) is 0. The minimum absolute atomic E-state index is 0.0305. The Morgan fingerprint density at radius 1 is 1.05 bits per heavy atom. The monoisotopic (exact) mass is 338 g/mol. The average molecular weight is 339 g/mol. The standard InChI is InChI=1S/C14H18BrF3O/c1-3-13(4-2,9-15)10-19-12-7-5-11(6-8-12)14(16,17)18/h5-8H,3-4,9-10H2,1-2H3. The lowest BCUT2D eigenvalue weighted by Gasteiger charge is -2.29. The highest BCUT2D eigenvalue weighted by molar-refractivity contribution is 9.09. The van der Waals surface area contributed by atoms with E-state index in [1.165, 1.54) is 12.1 Å². The molecule has 1 rings (SSSR count). The first-order valence-electron chi connectivity index (χ1n) is 6.23. The van der Waals surface area contributed by atoms with Crippen LogP contribution in [0.1, 0.15) is 32.3 Å². The van der Waals surface area contributed by atoms with Crippen molar-refractivity contribution in [2.75, 3.05) is 11.9 Å². The summed E-state index contributed by atoms with van der Waals surface area (Å²) >= 11 is 3.48. The molecule has 0 fully saturated rings. The fraction of sp³-hybridized carbons (Fsp3) is 0.571. The van der Waals surface area contributed by atoms with E-state index in [-0.39, 0.29) is 5.41 Å². The van der Waals surface area contributed by atoms with Crippen LogP contribution in [0.2, 0.25) is 0 Å². The minimum atomic E-state index is -4.30. The van der Waals surface area contributed by atoms with Gasteiger partial charge in [0.15, 0.2) is 0 Å². The van der Waals surface area contributed by atoms with Crippen molar-refractivity contribution in [1.29, 1.82) is 0 Å². The molecular weight excluding hydrogens is 321 g/mol. The predicted molar refractivity (Wildman–Crippen MR) is 73.7 cm³/mol. The Bertz CT molecular complexity index is 374. The van der Waals surface area contributed by atoms with E-state index in [1.807, 2.05) is 0 Å². The van der Waals surface area contributed by atoms with Crippen LogP contribution in [0.3, 0.4) is 0 Å². The maximum atomic E-state index is 12.4. The van der Waals surface area contributed by atoms with Gasteiger partial charge < -0.3 is 4.74 Å². The molecule has 0 atom stereocenters. The van der Waals surface area contributed by atoms with Crippen LogP contribution in [0, 0.1) is 5.41 Å². The summed E-state index contributed by atoms with van der Waals surface area (Å²) in [6.07, 6.45) is -2.39. The second-order valence-corrected chi connectivity index (χ2v) is 5.21. The van der Waals surface area contributed by atoms with E-state index < -0.39 is 11.7 Å². The van der Waals surface area contributed by atoms with Crippen molar-refractivity contribution in [2.24, 2.45) is 5.41 Å². The molecule has 0 heterocycles. The zero-order valence-electron chi connectivity index (χ0n) is 11.1. The van der Waals surface area contributed by atoms with Gasteiger partial charge in [0.25, 0.3) is 0 Å². The summed E-state index contributed by atoms with van der Waals surface area (Å²) in [6.45, 7) is 4.67. The molecule has 0 N–H and O–H groups in total. The van der Waals surface area contributed by atoms with E-state index >= 15 is 0 Å². The van der Waals surface area contributed by atoms with Gasteiger partial charge in [0.2, 0.25) is 0 Å². The first-order valence-corrected chi connectivity index (χ1v) is 7.35. The fourth-order valence-corrected chi connectivity index (χ4v) is 2.61. The lowest BCUT2D eigenvalue weighted by Crippen LogP contribution is -2.29. The van der Waals surface area contributed by atoms with Gasteiger partial charge in [-0.3, -0.25) is 0 Å². The van der Waals surface area contributed by atoms with E-state index in [2.05, 4.69) is 29.8 Å². The number of hydrogen-bond donors (Lipinski definition) is 0. The quantitative estimate of drug-likeness (QED) is 0.640. The van der Waals surface area contributed by atoms with Crippen molar-refractivity contribution >= 4 is 15.9 Å². The summed E-state index contributed by atoms with van der Waals surface area (Å²) in [5.74, 6) is 0.472. The predicted octanol–water partition coefficient (Wildman–Crippen LogP) is 5.29. The van der Waals surface area contributed by atoms with Crippen molar-refractivity contribution in [1.82, 2.24) is 0 Å². The van der Waals surface area contributed by atoms with Gasteiger partial charge in [-0.1, -0.05) is 29.8 Å². The van der Waals surface area contributed by atoms with Crippen LogP contribution < -0.4 is 4.74 Å². The Hall–Kier alpha value is -0.710. The molecule has 0 aromatic heterocycles. The van der Waals surface area contributed by atoms with Crippen molar-refractivity contribution in [3.8, 4) is 5.75 Å². The second kappa shape index (κ2) is 6.64. The van der Waals surface area contributed by atoms with Crippen molar-refractivity contribution in [3.63, 3.8) is 0 Å². The molecule has 5 heteroatoms. The highest BCUT2D eigenvalue weighted by atomic mass is 79.9. The zero-order chi connectivity index (χ0) is 14.5. The zero-order valence-corrected chi connectivity index (χ0v) is 12.6. The molecule has 0 bridgehead atoms. The van der Waals surface area contributed by atoms with Gasteiger partial charge in [-0.25, -0.2) is 0 Å². The van der Waals surface area contributed by atoms with Gasteiger partial charge in [-0.15, -0.1) is 0 Å². The molecule has 1 aromatic rings. The smallest absolute Gasteiger partial charge is 0.416 e. The molecule has 0 aliphatic rings. The van der Waals surface area contributed by atoms with Crippen LogP contribution in [-0.2, 0) is 6.18 Å². The topological polar surface area (TPSA) is 9.23 Å². The summed E-state index contributed by atoms with van der Waals surface area (Å²) in [5.41, 5.74) is -0.625. The molecule has 1 aromatic carbocycles. The van der Waals surface area contributed by atoms with Crippen LogP contribution in [0.15, 0.2) is 24.3 Å². The summed E-state index contributed by atoms with van der Waals surface area (Å²) in [5, 5.41) is 0.813. The molecule has 0 radical (unpaired) electrons. The maximum Gasteiger partial charge on any atom is 0.416 e. The summed E-state index contributed by atoms with van der Waals surface area (Å²) < 4.78 is 42.8. The third-order valence-corrected chi connectivity index (χ3v) is 4.70. The Balaban J connectivity index is 2.69. The summed E-state index contributed by atoms with van der Waals surface area (Å²) in [6, 6.07) is 4.83. The highest BCUT2D eigenvalue weighted by Crippen LogP contribution is 2.32. The third-order valence-electron chi connectivity index (χ3n) is 3.51. The Morgan fingerprint density at radius 3 is 1.95 bits per heavy atom. The van der Waals surface area contributed by atoms with Crippen molar-refractivity contribution in [2.45, 2.75) is 32.9 Å². The van der Waals surface area contributed by atoms with Gasteiger partial charge in [0, 0.05) is 10.7 Å². The highest BCUT2D eigenvalue weighted by Gasteiger charge is 2.30. The number of rotatable bonds is 6. The van der Waals surface area contributed by atoms with Gasteiger partial charge >= 0.3 is 6.18 Å². The second-order valence-electron chi connectivity index (χ2n) is 4.65. The van der Waals surface area contributed by atoms with Crippen molar-refractivity contribution in [3.05, 3.63) is 29.8 Å². The van der Waals surface area contributed by atoms with E-state index in [1.54, 1.807) is 0 Å². The number of benzene rings is 1. The molecule has 1 nitrogen and oxygen atoms in total. The van der Waals surface area contributed by atoms with Gasteiger partial charge in [-0.2, -0.15) is 13.2 Å². The lowest BCUT2D eigenvalue weighted by molar-refractivity contribution is -0.137. The van der Waals surface area contributed by atoms with Gasteiger partial charge in [-0.05, 0) is 37.1 Å². The van der Waals surface area contributed by atoms with E-state index in [0.29, 0.717) is 12.4 Å². The molecular formula is C14H18BrF3O. The molecule has 108 valence electrons. The van der Waals surface area contributed by atoms with Gasteiger partial charge in [0.1, 0.15) is 5.75 Å². The Morgan fingerprint density at radius 2 is 1.58 bits per heavy atom. The Kier molecular flexibility index (Phi) is 5.71. The van der Waals surface area contributed by atoms with E-state index in [9.17, 15) is 13.2 Å². The number of halogens is 4. The molecule has 0 unspecified atom stereocenters. The SMILES string of the molecule is CCC(CC)(CBr)COc1ccc(C(F)(F)F)cc1. The number of ether oxygens (including phenoxy) is 1. The molecule has 19 heavy (non-hydrogen) atoms. The Labute approximate surface area is 120 Å². The number of hydrogen-bond acceptors (Lipinski definition) is 1. The van der Waals surface area contributed by atoms with Crippen LogP contribution in [-0.4, -0.2) is 11.9 Å². The average Bonchev–Trinajstić information content (AvgIpc) is 2.40. The van der Waals surface area contributed by atoms with Crippen molar-refractivity contribution < 1.29 is 17.9 Å². The van der Waals surface area contributed by atoms with Gasteiger partial charge in [0.05, 0.1) is 12.2 Å². The number of alkyl halides is 4. The summed E-state index contributed by atoms with van der Waals surface area (Å²) in [7, 11) is 0. The first-order chi connectivity index (χ1) is 8.87. The third kappa shape index (κ3) is 4.41. The van der Waals surface area contributed by atoms with Crippen LogP contribution in [0.25, 0.3) is 0 Å². The minimum Gasteiger partial charge on any atom is -0.493 e. The molecule has 0 saturated carbocycles.